The number of pyridine rings is 1. The van der Waals surface area contributed by atoms with Crippen LogP contribution in [0.2, 0.25) is 0 Å². The molecular formula is C15H15FN2O. The van der Waals surface area contributed by atoms with Crippen molar-refractivity contribution >= 4 is 0 Å². The fraction of sp³-hybridized carbons (Fsp3) is 0.267. The molecule has 0 spiro atoms. The number of ether oxygens (including phenoxy) is 1. The molecule has 1 aromatic heterocycles. The molecule has 0 radical (unpaired) electrons. The van der Waals surface area contributed by atoms with Crippen molar-refractivity contribution in [1.29, 1.82) is 0 Å². The summed E-state index contributed by atoms with van der Waals surface area (Å²) in [7, 11) is 1.92. The first-order valence-electron chi connectivity index (χ1n) is 6.33. The third-order valence-electron chi connectivity index (χ3n) is 3.37. The number of nitrogens with one attached hydrogen (secondary N) is 1. The summed E-state index contributed by atoms with van der Waals surface area (Å²) in [5, 5.41) is 3.19. The van der Waals surface area contributed by atoms with Crippen molar-refractivity contribution in [3.05, 3.63) is 53.6 Å². The molecule has 0 aliphatic carbocycles. The number of likely N-dealkylation sites (N-methyl/N-ethyl adjacent to an activating group) is 1. The number of nitrogens with zero attached hydrogens (tertiary/aromatic N) is 1. The molecule has 3 nitrogen and oxygen atoms in total. The quantitative estimate of drug-likeness (QED) is 0.899. The predicted octanol–water partition coefficient (Wildman–Crippen LogP) is 2.87. The molecule has 1 aromatic carbocycles. The van der Waals surface area contributed by atoms with Crippen LogP contribution in [0.15, 0.2) is 36.5 Å². The van der Waals surface area contributed by atoms with Crippen LogP contribution in [0, 0.1) is 5.82 Å². The van der Waals surface area contributed by atoms with E-state index in [-0.39, 0.29) is 11.7 Å². The van der Waals surface area contributed by atoms with E-state index in [1.54, 1.807) is 0 Å². The maximum atomic E-state index is 13.3. The van der Waals surface area contributed by atoms with E-state index in [1.165, 1.54) is 12.3 Å². The summed E-state index contributed by atoms with van der Waals surface area (Å²) in [4.78, 5) is 4.17. The van der Waals surface area contributed by atoms with Crippen LogP contribution in [-0.4, -0.2) is 18.6 Å². The Kier molecular flexibility index (Phi) is 3.17. The molecule has 2 heterocycles. The van der Waals surface area contributed by atoms with Crippen LogP contribution in [0.1, 0.15) is 17.2 Å². The standard InChI is InChI=1S/C15H15FN2O/c1-17-8-10-6-13-15(7-11(16)9-18-13)19-14-5-3-2-4-12(10)14/h2-5,7,9-10,17H,6,8H2,1H3. The van der Waals surface area contributed by atoms with E-state index in [9.17, 15) is 4.39 Å². The first-order valence-corrected chi connectivity index (χ1v) is 6.33. The first kappa shape index (κ1) is 12.1. The lowest BCUT2D eigenvalue weighted by Gasteiger charge is -2.15. The number of fused-ring (bicyclic) bond motifs is 2. The molecule has 98 valence electrons. The van der Waals surface area contributed by atoms with Gasteiger partial charge in [-0.2, -0.15) is 0 Å². The highest BCUT2D eigenvalue weighted by atomic mass is 19.1. The molecule has 0 saturated carbocycles. The number of hydrogen-bond donors (Lipinski definition) is 1. The molecule has 1 N–H and O–H groups in total. The van der Waals surface area contributed by atoms with Crippen LogP contribution in [0.4, 0.5) is 4.39 Å². The van der Waals surface area contributed by atoms with Gasteiger partial charge in [-0.25, -0.2) is 4.39 Å². The van der Waals surface area contributed by atoms with Gasteiger partial charge in [0.05, 0.1) is 11.9 Å². The average Bonchev–Trinajstić information content (AvgIpc) is 2.56. The van der Waals surface area contributed by atoms with Gasteiger partial charge in [-0.15, -0.1) is 0 Å². The molecule has 2 aromatic rings. The van der Waals surface area contributed by atoms with Crippen molar-refractivity contribution in [1.82, 2.24) is 10.3 Å². The second-order valence-electron chi connectivity index (χ2n) is 4.70. The Morgan fingerprint density at radius 1 is 1.37 bits per heavy atom. The van der Waals surface area contributed by atoms with Gasteiger partial charge in [-0.3, -0.25) is 4.98 Å². The van der Waals surface area contributed by atoms with Gasteiger partial charge in [0.2, 0.25) is 0 Å². The summed E-state index contributed by atoms with van der Waals surface area (Å²) >= 11 is 0. The lowest BCUT2D eigenvalue weighted by molar-refractivity contribution is 0.468. The number of para-hydroxylation sites is 1. The van der Waals surface area contributed by atoms with Gasteiger partial charge in [0.15, 0.2) is 5.75 Å². The van der Waals surface area contributed by atoms with Gasteiger partial charge < -0.3 is 10.1 Å². The Balaban J connectivity index is 2.09. The molecular weight excluding hydrogens is 243 g/mol. The highest BCUT2D eigenvalue weighted by Gasteiger charge is 2.23. The maximum Gasteiger partial charge on any atom is 0.151 e. The van der Waals surface area contributed by atoms with E-state index >= 15 is 0 Å². The Morgan fingerprint density at radius 2 is 2.21 bits per heavy atom. The third kappa shape index (κ3) is 2.31. The molecule has 4 heteroatoms. The van der Waals surface area contributed by atoms with Crippen molar-refractivity contribution in [3.63, 3.8) is 0 Å². The Bertz CT molecular complexity index is 600. The minimum Gasteiger partial charge on any atom is -0.455 e. The van der Waals surface area contributed by atoms with Gasteiger partial charge in [-0.1, -0.05) is 18.2 Å². The van der Waals surface area contributed by atoms with Crippen molar-refractivity contribution in [3.8, 4) is 11.5 Å². The predicted molar refractivity (Wildman–Crippen MR) is 71.1 cm³/mol. The molecule has 0 amide bonds. The lowest BCUT2D eigenvalue weighted by Crippen LogP contribution is -2.19. The van der Waals surface area contributed by atoms with Crippen molar-refractivity contribution in [2.75, 3.05) is 13.6 Å². The van der Waals surface area contributed by atoms with Gasteiger partial charge in [-0.05, 0) is 18.7 Å². The molecule has 0 bridgehead atoms. The molecule has 0 fully saturated rings. The molecule has 19 heavy (non-hydrogen) atoms. The number of hydrogen-bond acceptors (Lipinski definition) is 3. The summed E-state index contributed by atoms with van der Waals surface area (Å²) in [5.41, 5.74) is 1.94. The summed E-state index contributed by atoms with van der Waals surface area (Å²) in [5.74, 6) is 1.21. The van der Waals surface area contributed by atoms with E-state index in [0.717, 1.165) is 30.0 Å². The summed E-state index contributed by atoms with van der Waals surface area (Å²) in [6.07, 6.45) is 1.99. The zero-order valence-electron chi connectivity index (χ0n) is 10.7. The fourth-order valence-corrected chi connectivity index (χ4v) is 2.49. The first-order chi connectivity index (χ1) is 9.28. The molecule has 3 rings (SSSR count). The van der Waals surface area contributed by atoms with Crippen molar-refractivity contribution in [2.24, 2.45) is 0 Å². The number of benzene rings is 1. The largest absolute Gasteiger partial charge is 0.455 e. The minimum absolute atomic E-state index is 0.278. The van der Waals surface area contributed by atoms with Crippen LogP contribution in [0.3, 0.4) is 0 Å². The van der Waals surface area contributed by atoms with Crippen molar-refractivity contribution < 1.29 is 9.13 Å². The van der Waals surface area contributed by atoms with E-state index in [1.807, 2.05) is 25.2 Å². The van der Waals surface area contributed by atoms with Gasteiger partial charge in [0, 0.05) is 24.9 Å². The van der Waals surface area contributed by atoms with Crippen molar-refractivity contribution in [2.45, 2.75) is 12.3 Å². The average molecular weight is 258 g/mol. The van der Waals surface area contributed by atoms with Gasteiger partial charge in [0.25, 0.3) is 0 Å². The zero-order valence-corrected chi connectivity index (χ0v) is 10.7. The monoisotopic (exact) mass is 258 g/mol. The van der Waals surface area contributed by atoms with E-state index < -0.39 is 0 Å². The fourth-order valence-electron chi connectivity index (χ4n) is 2.49. The van der Waals surface area contributed by atoms with Crippen LogP contribution < -0.4 is 10.1 Å². The molecule has 1 aliphatic rings. The minimum atomic E-state index is -0.372. The van der Waals surface area contributed by atoms with E-state index in [0.29, 0.717) is 5.75 Å². The number of rotatable bonds is 2. The second kappa shape index (κ2) is 4.97. The lowest BCUT2D eigenvalue weighted by atomic mass is 9.94. The molecule has 1 unspecified atom stereocenters. The zero-order chi connectivity index (χ0) is 13.2. The molecule has 1 aliphatic heterocycles. The maximum absolute atomic E-state index is 13.3. The molecule has 1 atom stereocenters. The van der Waals surface area contributed by atoms with E-state index in [2.05, 4.69) is 16.4 Å². The third-order valence-corrected chi connectivity index (χ3v) is 3.37. The SMILES string of the molecule is CNCC1Cc2ncc(F)cc2Oc2ccccc21. The van der Waals surface area contributed by atoms with Gasteiger partial charge >= 0.3 is 0 Å². The molecule has 0 saturated heterocycles. The van der Waals surface area contributed by atoms with E-state index in [4.69, 9.17) is 4.74 Å². The number of halogens is 1. The van der Waals surface area contributed by atoms with Crippen LogP contribution in [0.25, 0.3) is 0 Å². The highest BCUT2D eigenvalue weighted by molar-refractivity contribution is 5.45. The Morgan fingerprint density at radius 3 is 3.05 bits per heavy atom. The second-order valence-corrected chi connectivity index (χ2v) is 4.70. The van der Waals surface area contributed by atoms with Crippen LogP contribution >= 0.6 is 0 Å². The summed E-state index contributed by atoms with van der Waals surface area (Å²) in [6, 6.07) is 9.29. The van der Waals surface area contributed by atoms with Crippen LogP contribution in [-0.2, 0) is 6.42 Å². The normalized spacial score (nSPS) is 17.1. The summed E-state index contributed by atoms with van der Waals surface area (Å²) in [6.45, 7) is 0.832. The van der Waals surface area contributed by atoms with Gasteiger partial charge in [0.1, 0.15) is 11.6 Å². The summed E-state index contributed by atoms with van der Waals surface area (Å²) < 4.78 is 19.1. The topological polar surface area (TPSA) is 34.2 Å². The van der Waals surface area contributed by atoms with Crippen LogP contribution in [0.5, 0.6) is 11.5 Å². The Labute approximate surface area is 111 Å². The highest BCUT2D eigenvalue weighted by Crippen LogP contribution is 2.38. The number of aromatic nitrogens is 1. The smallest absolute Gasteiger partial charge is 0.151 e. The Hall–Kier alpha value is -1.94.